The minimum absolute atomic E-state index is 0.0152. The number of carboxylic acids is 1. The van der Waals surface area contributed by atoms with Crippen molar-refractivity contribution >= 4 is 18.0 Å². The van der Waals surface area contributed by atoms with Crippen molar-refractivity contribution in [3.05, 3.63) is 59.7 Å². The topological polar surface area (TPSA) is 105 Å². The second kappa shape index (κ2) is 9.70. The first-order valence-corrected chi connectivity index (χ1v) is 12.1. The minimum atomic E-state index is -0.889. The third-order valence-electron chi connectivity index (χ3n) is 7.60. The van der Waals surface area contributed by atoms with Gasteiger partial charge in [0.15, 0.2) is 0 Å². The predicted molar refractivity (Wildman–Crippen MR) is 128 cm³/mol. The highest BCUT2D eigenvalue weighted by Gasteiger charge is 2.47. The van der Waals surface area contributed by atoms with E-state index in [-0.39, 0.29) is 37.1 Å². The Morgan fingerprint density at radius 2 is 1.57 bits per heavy atom. The molecule has 0 saturated carbocycles. The molecular formula is C27H30N2O6. The highest BCUT2D eigenvalue weighted by molar-refractivity contribution is 5.87. The SMILES string of the molecule is COCC(NC(=O)OCC1c2ccccc2-c2ccccc21)C(=O)N1C2CCC1CC(C(=O)O)C2. The van der Waals surface area contributed by atoms with Gasteiger partial charge in [0.1, 0.15) is 12.6 Å². The van der Waals surface area contributed by atoms with E-state index in [2.05, 4.69) is 29.6 Å². The monoisotopic (exact) mass is 478 g/mol. The third kappa shape index (κ3) is 4.38. The number of nitrogens with one attached hydrogen (secondary N) is 1. The van der Waals surface area contributed by atoms with Gasteiger partial charge in [-0.1, -0.05) is 48.5 Å². The Morgan fingerprint density at radius 3 is 2.11 bits per heavy atom. The number of benzene rings is 2. The van der Waals surface area contributed by atoms with Gasteiger partial charge in [0.05, 0.1) is 12.5 Å². The molecule has 8 heteroatoms. The molecule has 184 valence electrons. The number of carboxylic acid groups (broad SMARTS) is 1. The zero-order valence-electron chi connectivity index (χ0n) is 19.7. The summed E-state index contributed by atoms with van der Waals surface area (Å²) in [6.07, 6.45) is 1.79. The maximum absolute atomic E-state index is 13.4. The van der Waals surface area contributed by atoms with Crippen molar-refractivity contribution < 1.29 is 29.0 Å². The molecule has 2 aromatic carbocycles. The van der Waals surface area contributed by atoms with E-state index >= 15 is 0 Å². The molecule has 8 nitrogen and oxygen atoms in total. The quantitative estimate of drug-likeness (QED) is 0.632. The lowest BCUT2D eigenvalue weighted by Crippen LogP contribution is -2.56. The van der Waals surface area contributed by atoms with Crippen molar-refractivity contribution in [2.45, 2.75) is 49.7 Å². The molecule has 2 amide bonds. The van der Waals surface area contributed by atoms with Crippen LogP contribution in [0.2, 0.25) is 0 Å². The zero-order valence-corrected chi connectivity index (χ0v) is 19.7. The zero-order chi connectivity index (χ0) is 24.5. The van der Waals surface area contributed by atoms with Crippen molar-refractivity contribution in [3.8, 4) is 11.1 Å². The number of amides is 2. The number of piperidine rings is 1. The minimum Gasteiger partial charge on any atom is -0.481 e. The molecule has 2 bridgehead atoms. The molecule has 2 fully saturated rings. The van der Waals surface area contributed by atoms with Crippen LogP contribution in [-0.2, 0) is 19.1 Å². The number of ether oxygens (including phenoxy) is 2. The molecule has 2 N–H and O–H groups in total. The van der Waals surface area contributed by atoms with Gasteiger partial charge in [0.2, 0.25) is 5.91 Å². The lowest BCUT2D eigenvalue weighted by atomic mass is 9.90. The van der Waals surface area contributed by atoms with Gasteiger partial charge < -0.3 is 24.8 Å². The van der Waals surface area contributed by atoms with Crippen molar-refractivity contribution in [1.82, 2.24) is 10.2 Å². The van der Waals surface area contributed by atoms with Crippen LogP contribution in [-0.4, -0.2) is 66.4 Å². The van der Waals surface area contributed by atoms with Gasteiger partial charge in [0, 0.05) is 25.1 Å². The standard InChI is InChI=1S/C27H30N2O6/c1-34-15-24(25(30)29-17-10-11-18(29)13-16(12-17)26(31)32)28-27(33)35-14-23-21-8-4-2-6-19(21)20-7-3-5-9-22(20)23/h2-9,16-18,23-24H,10-15H2,1H3,(H,28,33)(H,31,32). The highest BCUT2D eigenvalue weighted by Crippen LogP contribution is 2.44. The van der Waals surface area contributed by atoms with Crippen molar-refractivity contribution in [2.75, 3.05) is 20.3 Å². The summed E-state index contributed by atoms with van der Waals surface area (Å²) < 4.78 is 10.8. The number of carbonyl (C=O) groups excluding carboxylic acids is 2. The summed E-state index contributed by atoms with van der Waals surface area (Å²) in [5.74, 6) is -1.54. The lowest BCUT2D eigenvalue weighted by Gasteiger charge is -2.39. The average molecular weight is 479 g/mol. The van der Waals surface area contributed by atoms with Crippen molar-refractivity contribution in [3.63, 3.8) is 0 Å². The van der Waals surface area contributed by atoms with Crippen LogP contribution >= 0.6 is 0 Å². The second-order valence-corrected chi connectivity index (χ2v) is 9.61. The van der Waals surface area contributed by atoms with Crippen LogP contribution in [0.25, 0.3) is 11.1 Å². The van der Waals surface area contributed by atoms with Gasteiger partial charge in [-0.05, 0) is 47.9 Å². The van der Waals surface area contributed by atoms with Gasteiger partial charge in [-0.3, -0.25) is 9.59 Å². The predicted octanol–water partition coefficient (Wildman–Crippen LogP) is 3.39. The Labute approximate surface area is 204 Å². The van der Waals surface area contributed by atoms with E-state index < -0.39 is 24.0 Å². The number of hydrogen-bond donors (Lipinski definition) is 2. The number of fused-ring (bicyclic) bond motifs is 5. The van der Waals surface area contributed by atoms with Gasteiger partial charge in [-0.15, -0.1) is 0 Å². The molecule has 0 spiro atoms. The van der Waals surface area contributed by atoms with Gasteiger partial charge in [0.25, 0.3) is 0 Å². The molecule has 3 atom stereocenters. The van der Waals surface area contributed by atoms with Crippen molar-refractivity contribution in [2.24, 2.45) is 5.92 Å². The summed E-state index contributed by atoms with van der Waals surface area (Å²) in [6.45, 7) is 0.171. The van der Waals surface area contributed by atoms with Gasteiger partial charge in [-0.2, -0.15) is 0 Å². The largest absolute Gasteiger partial charge is 0.481 e. The molecular weight excluding hydrogens is 448 g/mol. The van der Waals surface area contributed by atoms with Crippen LogP contribution < -0.4 is 5.32 Å². The molecule has 1 aliphatic carbocycles. The Hall–Kier alpha value is -3.39. The number of hydrogen-bond acceptors (Lipinski definition) is 5. The number of methoxy groups -OCH3 is 1. The van der Waals surface area contributed by atoms with E-state index in [1.807, 2.05) is 24.3 Å². The fourth-order valence-electron chi connectivity index (χ4n) is 6.04. The van der Waals surface area contributed by atoms with E-state index in [0.717, 1.165) is 35.1 Å². The molecule has 2 heterocycles. The summed E-state index contributed by atoms with van der Waals surface area (Å²) in [5.41, 5.74) is 4.52. The lowest BCUT2D eigenvalue weighted by molar-refractivity contribution is -0.149. The third-order valence-corrected chi connectivity index (χ3v) is 7.60. The normalized spacial score (nSPS) is 23.3. The van der Waals surface area contributed by atoms with E-state index in [0.29, 0.717) is 12.8 Å². The van der Waals surface area contributed by atoms with Crippen LogP contribution in [0.5, 0.6) is 0 Å². The Kier molecular flexibility index (Phi) is 6.47. The number of alkyl carbamates (subject to hydrolysis) is 1. The molecule has 35 heavy (non-hydrogen) atoms. The molecule has 0 radical (unpaired) electrons. The summed E-state index contributed by atoms with van der Waals surface area (Å²) in [7, 11) is 1.48. The Bertz CT molecular complexity index is 1070. The molecule has 5 rings (SSSR count). The van der Waals surface area contributed by atoms with Crippen LogP contribution in [0.4, 0.5) is 4.79 Å². The maximum atomic E-state index is 13.4. The summed E-state index contributed by atoms with van der Waals surface area (Å²) in [4.78, 5) is 39.4. The number of nitrogens with zero attached hydrogens (tertiary/aromatic N) is 1. The fourth-order valence-corrected chi connectivity index (χ4v) is 6.04. The Morgan fingerprint density at radius 1 is 1.00 bits per heavy atom. The Balaban J connectivity index is 1.24. The smallest absolute Gasteiger partial charge is 0.407 e. The molecule has 3 aliphatic rings. The highest BCUT2D eigenvalue weighted by atomic mass is 16.5. The first-order chi connectivity index (χ1) is 17.0. The van der Waals surface area contributed by atoms with Gasteiger partial charge in [-0.25, -0.2) is 4.79 Å². The average Bonchev–Trinajstić information content (AvgIpc) is 3.32. The first kappa shape index (κ1) is 23.4. The van der Waals surface area contributed by atoms with E-state index in [9.17, 15) is 19.5 Å². The fraction of sp³-hybridized carbons (Fsp3) is 0.444. The molecule has 2 aliphatic heterocycles. The van der Waals surface area contributed by atoms with Crippen LogP contribution in [0.3, 0.4) is 0 Å². The first-order valence-electron chi connectivity index (χ1n) is 12.1. The summed E-state index contributed by atoms with van der Waals surface area (Å²) in [5, 5.41) is 12.1. The summed E-state index contributed by atoms with van der Waals surface area (Å²) in [6, 6.07) is 15.1. The van der Waals surface area contributed by atoms with Crippen molar-refractivity contribution in [1.29, 1.82) is 0 Å². The van der Waals surface area contributed by atoms with E-state index in [1.54, 1.807) is 4.90 Å². The second-order valence-electron chi connectivity index (χ2n) is 9.61. The van der Waals surface area contributed by atoms with E-state index in [4.69, 9.17) is 9.47 Å². The van der Waals surface area contributed by atoms with E-state index in [1.165, 1.54) is 7.11 Å². The number of aliphatic carboxylic acids is 1. The van der Waals surface area contributed by atoms with Crippen LogP contribution in [0.15, 0.2) is 48.5 Å². The summed E-state index contributed by atoms with van der Waals surface area (Å²) >= 11 is 0. The van der Waals surface area contributed by atoms with Gasteiger partial charge >= 0.3 is 12.1 Å². The van der Waals surface area contributed by atoms with Crippen LogP contribution in [0.1, 0.15) is 42.7 Å². The van der Waals surface area contributed by atoms with Crippen LogP contribution in [0, 0.1) is 5.92 Å². The molecule has 0 aromatic heterocycles. The number of rotatable bonds is 7. The number of carbonyl (C=O) groups is 3. The maximum Gasteiger partial charge on any atom is 0.407 e. The molecule has 2 aromatic rings. The molecule has 3 unspecified atom stereocenters. The molecule has 2 saturated heterocycles.